The number of carboxylic acids is 1. The van der Waals surface area contributed by atoms with Gasteiger partial charge in [-0.3, -0.25) is 0 Å². The zero-order valence-electron chi connectivity index (χ0n) is 11.0. The van der Waals surface area contributed by atoms with Crippen LogP contribution in [0, 0.1) is 0 Å². The highest BCUT2D eigenvalue weighted by atomic mass is 19.4. The van der Waals surface area contributed by atoms with Crippen LogP contribution in [0.15, 0.2) is 24.8 Å². The third-order valence-corrected chi connectivity index (χ3v) is 1.72. The van der Waals surface area contributed by atoms with Gasteiger partial charge in [-0.15, -0.1) is 0 Å². The van der Waals surface area contributed by atoms with E-state index in [0.29, 0.717) is 0 Å². The van der Waals surface area contributed by atoms with Crippen molar-refractivity contribution in [2.45, 2.75) is 24.9 Å². The van der Waals surface area contributed by atoms with Crippen molar-refractivity contribution in [3.8, 4) is 0 Å². The molecule has 0 radical (unpaired) electrons. The minimum Gasteiger partial charge on any atom is -0.478 e. The Balaban J connectivity index is 0. The number of hydrogen-bond acceptors (Lipinski definition) is 3. The Morgan fingerprint density at radius 3 is 1.73 bits per heavy atom. The number of esters is 1. The maximum absolute atomic E-state index is 12.5. The van der Waals surface area contributed by atoms with Crippen molar-refractivity contribution in [3.63, 3.8) is 0 Å². The number of carbonyl (C=O) groups is 2. The fourth-order valence-corrected chi connectivity index (χ4v) is 0.577. The summed E-state index contributed by atoms with van der Waals surface area (Å²) < 4.78 is 88.1. The fourth-order valence-electron chi connectivity index (χ4n) is 0.577. The lowest BCUT2D eigenvalue weighted by Crippen LogP contribution is -2.54. The van der Waals surface area contributed by atoms with Gasteiger partial charge < -0.3 is 9.84 Å². The van der Waals surface area contributed by atoms with Gasteiger partial charge in [-0.1, -0.05) is 13.2 Å². The van der Waals surface area contributed by atoms with E-state index in [-0.39, 0.29) is 0 Å². The van der Waals surface area contributed by atoms with Crippen LogP contribution in [0.5, 0.6) is 0 Å². The average Bonchev–Trinajstić information content (AvgIpc) is 2.34. The molecular weight excluding hydrogens is 329 g/mol. The summed E-state index contributed by atoms with van der Waals surface area (Å²) in [7, 11) is 0. The van der Waals surface area contributed by atoms with Crippen molar-refractivity contribution in [3.05, 3.63) is 24.8 Å². The highest BCUT2D eigenvalue weighted by Gasteiger charge is 2.73. The van der Waals surface area contributed by atoms with Crippen molar-refractivity contribution in [1.82, 2.24) is 0 Å². The Hall–Kier alpha value is -2.07. The highest BCUT2D eigenvalue weighted by Crippen LogP contribution is 2.46. The highest BCUT2D eigenvalue weighted by molar-refractivity contribution is 5.86. The third-order valence-electron chi connectivity index (χ3n) is 1.72. The number of rotatable bonds is 5. The zero-order chi connectivity index (χ0) is 18.4. The van der Waals surface area contributed by atoms with Gasteiger partial charge in [0.1, 0.15) is 0 Å². The van der Waals surface area contributed by atoms with E-state index in [2.05, 4.69) is 17.9 Å². The molecule has 128 valence electrons. The molecule has 0 fully saturated rings. The van der Waals surface area contributed by atoms with Crippen LogP contribution in [0.1, 0.15) is 6.92 Å². The number of halogens is 7. The van der Waals surface area contributed by atoms with Crippen LogP contribution < -0.4 is 0 Å². The monoisotopic (exact) mass is 340 g/mol. The predicted molar refractivity (Wildman–Crippen MR) is 59.6 cm³/mol. The Morgan fingerprint density at radius 2 is 1.50 bits per heavy atom. The molecule has 0 aliphatic heterocycles. The van der Waals surface area contributed by atoms with Gasteiger partial charge in [-0.25, -0.2) is 9.59 Å². The number of carbonyl (C=O) groups excluding carboxylic acids is 1. The summed E-state index contributed by atoms with van der Waals surface area (Å²) in [5, 5.41) is 7.60. The van der Waals surface area contributed by atoms with Crippen molar-refractivity contribution >= 4 is 11.9 Å². The number of alkyl halides is 7. The molecule has 0 heterocycles. The molecule has 1 N–H and O–H groups in total. The van der Waals surface area contributed by atoms with E-state index in [1.54, 1.807) is 0 Å². The van der Waals surface area contributed by atoms with Crippen LogP contribution in [-0.4, -0.2) is 41.7 Å². The van der Waals surface area contributed by atoms with E-state index in [1.165, 1.54) is 0 Å². The van der Waals surface area contributed by atoms with Crippen LogP contribution in [0.4, 0.5) is 30.7 Å². The SMILES string of the molecule is C=C(C)C(=O)OCC(F)(F)C(F)(F)C(F)(F)F.C=CC(=O)O. The van der Waals surface area contributed by atoms with E-state index in [4.69, 9.17) is 5.11 Å². The van der Waals surface area contributed by atoms with Crippen molar-refractivity contribution in [1.29, 1.82) is 0 Å². The maximum atomic E-state index is 12.5. The first-order valence-corrected chi connectivity index (χ1v) is 5.10. The van der Waals surface area contributed by atoms with Gasteiger partial charge in [-0.2, -0.15) is 30.7 Å². The molecular formula is C11H11F7O4. The lowest BCUT2D eigenvalue weighted by Gasteiger charge is -2.27. The lowest BCUT2D eigenvalue weighted by molar-refractivity contribution is -0.359. The molecule has 0 aliphatic rings. The quantitative estimate of drug-likeness (QED) is 0.474. The second kappa shape index (κ2) is 7.80. The first-order valence-electron chi connectivity index (χ1n) is 5.10. The number of aliphatic carboxylic acids is 1. The predicted octanol–water partition coefficient (Wildman–Crippen LogP) is 3.20. The molecule has 0 aromatic carbocycles. The van der Waals surface area contributed by atoms with Crippen molar-refractivity contribution < 1.29 is 50.2 Å². The summed E-state index contributed by atoms with van der Waals surface area (Å²) in [6, 6.07) is 0. The minimum atomic E-state index is -6.44. The number of hydrogen-bond donors (Lipinski definition) is 1. The molecule has 0 bridgehead atoms. The lowest BCUT2D eigenvalue weighted by atomic mass is 10.2. The van der Waals surface area contributed by atoms with E-state index >= 15 is 0 Å². The van der Waals surface area contributed by atoms with Crippen LogP contribution >= 0.6 is 0 Å². The first kappa shape index (κ1) is 22.2. The van der Waals surface area contributed by atoms with E-state index < -0.39 is 42.1 Å². The standard InChI is InChI=1S/C8H7F7O2.C3H4O2/c1-4(2)5(16)17-3-6(9,10)7(11,12)8(13,14)15;1-2-3(4)5/h1,3H2,2H3;2H,1H2,(H,4,5). The molecule has 0 spiro atoms. The molecule has 0 amide bonds. The molecule has 0 atom stereocenters. The molecule has 0 unspecified atom stereocenters. The number of carboxylic acid groups (broad SMARTS) is 1. The normalized spacial score (nSPS) is 11.8. The van der Waals surface area contributed by atoms with Crippen LogP contribution in [0.3, 0.4) is 0 Å². The van der Waals surface area contributed by atoms with Gasteiger partial charge in [0.2, 0.25) is 0 Å². The summed E-state index contributed by atoms with van der Waals surface area (Å²) in [6.07, 6.45) is -5.61. The molecule has 0 aromatic heterocycles. The Labute approximate surface area is 119 Å². The van der Waals surface area contributed by atoms with Crippen LogP contribution in [0.25, 0.3) is 0 Å². The summed E-state index contributed by atoms with van der Waals surface area (Å²) in [5.74, 6) is -14.3. The Morgan fingerprint density at radius 1 is 1.14 bits per heavy atom. The second-order valence-electron chi connectivity index (χ2n) is 3.68. The number of ether oxygens (including phenoxy) is 1. The molecule has 0 rings (SSSR count). The van der Waals surface area contributed by atoms with E-state index in [0.717, 1.165) is 13.0 Å². The summed E-state index contributed by atoms with van der Waals surface area (Å²) in [4.78, 5) is 19.8. The molecule has 4 nitrogen and oxygen atoms in total. The maximum Gasteiger partial charge on any atom is 0.460 e. The van der Waals surface area contributed by atoms with Crippen LogP contribution in [-0.2, 0) is 14.3 Å². The third kappa shape index (κ3) is 6.59. The van der Waals surface area contributed by atoms with Gasteiger partial charge in [-0.05, 0) is 6.92 Å². The van der Waals surface area contributed by atoms with Crippen molar-refractivity contribution in [2.75, 3.05) is 6.61 Å². The van der Waals surface area contributed by atoms with Gasteiger partial charge in [0.25, 0.3) is 0 Å². The zero-order valence-corrected chi connectivity index (χ0v) is 11.0. The molecule has 0 aromatic rings. The van der Waals surface area contributed by atoms with Crippen molar-refractivity contribution in [2.24, 2.45) is 0 Å². The molecule has 0 saturated heterocycles. The van der Waals surface area contributed by atoms with E-state index in [1.807, 2.05) is 0 Å². The first-order chi connectivity index (χ1) is 9.60. The van der Waals surface area contributed by atoms with Gasteiger partial charge >= 0.3 is 30.0 Å². The minimum absolute atomic E-state index is 0.406. The molecule has 11 heteroatoms. The Kier molecular flexibility index (Phi) is 7.88. The summed E-state index contributed by atoms with van der Waals surface area (Å²) >= 11 is 0. The van der Waals surface area contributed by atoms with E-state index in [9.17, 15) is 40.3 Å². The molecule has 22 heavy (non-hydrogen) atoms. The average molecular weight is 340 g/mol. The summed E-state index contributed by atoms with van der Waals surface area (Å²) in [5.41, 5.74) is -0.406. The Bertz CT molecular complexity index is 440. The van der Waals surface area contributed by atoms with Gasteiger partial charge in [0, 0.05) is 11.6 Å². The van der Waals surface area contributed by atoms with Gasteiger partial charge in [0.05, 0.1) is 0 Å². The molecule has 0 aliphatic carbocycles. The molecule has 0 saturated carbocycles. The fraction of sp³-hybridized carbons (Fsp3) is 0.455. The van der Waals surface area contributed by atoms with Gasteiger partial charge in [0.15, 0.2) is 6.61 Å². The topological polar surface area (TPSA) is 63.6 Å². The second-order valence-corrected chi connectivity index (χ2v) is 3.68. The summed E-state index contributed by atoms with van der Waals surface area (Å²) in [6.45, 7) is 4.53. The van der Waals surface area contributed by atoms with Crippen LogP contribution in [0.2, 0.25) is 0 Å². The largest absolute Gasteiger partial charge is 0.478 e. The smallest absolute Gasteiger partial charge is 0.460 e.